The van der Waals surface area contributed by atoms with Crippen LogP contribution in [-0.2, 0) is 4.79 Å². The van der Waals surface area contributed by atoms with Crippen LogP contribution in [0.2, 0.25) is 0 Å². The molecule has 5 nitrogen and oxygen atoms in total. The third-order valence-corrected chi connectivity index (χ3v) is 3.46. The number of carbonyl (C=O) groups is 1. The van der Waals surface area contributed by atoms with E-state index in [1.54, 1.807) is 6.92 Å². The maximum atomic E-state index is 11.9. The molecule has 1 amide bonds. The summed E-state index contributed by atoms with van der Waals surface area (Å²) < 4.78 is 5.00. The fourth-order valence-corrected chi connectivity index (χ4v) is 2.41. The summed E-state index contributed by atoms with van der Waals surface area (Å²) in [5.74, 6) is 0.962. The minimum absolute atomic E-state index is 0. The molecule has 0 unspecified atom stereocenters. The largest absolute Gasteiger partial charge is 0.359 e. The fourth-order valence-electron chi connectivity index (χ4n) is 2.41. The minimum atomic E-state index is 0. The number of aromatic nitrogens is 1. The van der Waals surface area contributed by atoms with E-state index in [0.717, 1.165) is 19.3 Å². The molecular formula is C12H20ClN3O2. The van der Waals surface area contributed by atoms with Gasteiger partial charge in [-0.3, -0.25) is 4.79 Å². The Hall–Kier alpha value is -1.07. The van der Waals surface area contributed by atoms with Crippen LogP contribution in [0.1, 0.15) is 37.1 Å². The summed E-state index contributed by atoms with van der Waals surface area (Å²) in [6.07, 6.45) is 3.70. The first-order valence-electron chi connectivity index (χ1n) is 6.06. The molecule has 2 rings (SSSR count). The Morgan fingerprint density at radius 1 is 1.50 bits per heavy atom. The average molecular weight is 274 g/mol. The molecule has 1 saturated carbocycles. The van der Waals surface area contributed by atoms with E-state index < -0.39 is 0 Å². The predicted octanol–water partition coefficient (Wildman–Crippen LogP) is 2.17. The lowest BCUT2D eigenvalue weighted by atomic mass is 10.00. The van der Waals surface area contributed by atoms with Gasteiger partial charge in [-0.25, -0.2) is 0 Å². The Balaban J connectivity index is 0.00000162. The zero-order chi connectivity index (χ0) is 12.4. The molecule has 0 aromatic carbocycles. The first-order valence-corrected chi connectivity index (χ1v) is 6.06. The van der Waals surface area contributed by atoms with Crippen LogP contribution in [0, 0.1) is 19.8 Å². The average Bonchev–Trinajstić information content (AvgIpc) is 2.80. The molecule has 0 saturated heterocycles. The van der Waals surface area contributed by atoms with Crippen LogP contribution in [0.4, 0.5) is 5.69 Å². The molecule has 0 spiro atoms. The molecule has 3 N–H and O–H groups in total. The van der Waals surface area contributed by atoms with Crippen molar-refractivity contribution in [1.29, 1.82) is 0 Å². The van der Waals surface area contributed by atoms with E-state index in [1.165, 1.54) is 0 Å². The van der Waals surface area contributed by atoms with Crippen molar-refractivity contribution in [2.45, 2.75) is 45.6 Å². The van der Waals surface area contributed by atoms with E-state index >= 15 is 0 Å². The second-order valence-corrected chi connectivity index (χ2v) is 4.81. The number of carbonyl (C=O) groups excluding carboxylic acids is 1. The van der Waals surface area contributed by atoms with Crippen molar-refractivity contribution in [3.8, 4) is 0 Å². The van der Waals surface area contributed by atoms with Crippen LogP contribution in [0.15, 0.2) is 4.52 Å². The van der Waals surface area contributed by atoms with Gasteiger partial charge in [-0.15, -0.1) is 12.4 Å². The molecule has 2 atom stereocenters. The molecule has 0 bridgehead atoms. The zero-order valence-electron chi connectivity index (χ0n) is 10.7. The van der Waals surface area contributed by atoms with Gasteiger partial charge in [0.1, 0.15) is 11.4 Å². The third-order valence-electron chi connectivity index (χ3n) is 3.46. The predicted molar refractivity (Wildman–Crippen MR) is 71.8 cm³/mol. The number of amides is 1. The van der Waals surface area contributed by atoms with Crippen LogP contribution in [0.25, 0.3) is 0 Å². The fraction of sp³-hybridized carbons (Fsp3) is 0.667. The number of halogens is 1. The van der Waals surface area contributed by atoms with Gasteiger partial charge in [-0.2, -0.15) is 0 Å². The highest BCUT2D eigenvalue weighted by Crippen LogP contribution is 2.27. The summed E-state index contributed by atoms with van der Waals surface area (Å²) in [4.78, 5) is 11.9. The van der Waals surface area contributed by atoms with Crippen molar-refractivity contribution in [3.63, 3.8) is 0 Å². The summed E-state index contributed by atoms with van der Waals surface area (Å²) in [5.41, 5.74) is 7.36. The topological polar surface area (TPSA) is 81.2 Å². The SMILES string of the molecule is Cc1noc(C)c1NC(=O)C[C@@H]1CCC[C@H]1N.Cl. The molecule has 1 aromatic rings. The standard InChI is InChI=1S/C12H19N3O2.ClH/c1-7-12(8(2)17-15-7)14-11(16)6-9-4-3-5-10(9)13;/h9-10H,3-6,13H2,1-2H3,(H,14,16);1H/t9-,10+;/m0./s1. The molecule has 1 heterocycles. The first kappa shape index (κ1) is 15.0. The van der Waals surface area contributed by atoms with Crippen molar-refractivity contribution in [1.82, 2.24) is 5.16 Å². The smallest absolute Gasteiger partial charge is 0.224 e. The molecule has 6 heteroatoms. The number of hydrogen-bond donors (Lipinski definition) is 2. The monoisotopic (exact) mass is 273 g/mol. The number of hydrogen-bond acceptors (Lipinski definition) is 4. The van der Waals surface area contributed by atoms with Crippen LogP contribution in [0.3, 0.4) is 0 Å². The van der Waals surface area contributed by atoms with Gasteiger partial charge in [0.05, 0.1) is 0 Å². The molecular weight excluding hydrogens is 254 g/mol. The lowest BCUT2D eigenvalue weighted by molar-refractivity contribution is -0.117. The maximum absolute atomic E-state index is 11.9. The van der Waals surface area contributed by atoms with Gasteiger partial charge in [0.25, 0.3) is 0 Å². The van der Waals surface area contributed by atoms with Crippen molar-refractivity contribution >= 4 is 24.0 Å². The van der Waals surface area contributed by atoms with Gasteiger partial charge < -0.3 is 15.6 Å². The van der Waals surface area contributed by atoms with Crippen LogP contribution in [0.5, 0.6) is 0 Å². The van der Waals surface area contributed by atoms with Gasteiger partial charge in [0, 0.05) is 12.5 Å². The molecule has 18 heavy (non-hydrogen) atoms. The molecule has 0 aliphatic heterocycles. The third kappa shape index (κ3) is 3.23. The van der Waals surface area contributed by atoms with E-state index in [1.807, 2.05) is 6.92 Å². The Morgan fingerprint density at radius 3 is 2.72 bits per heavy atom. The lowest BCUT2D eigenvalue weighted by Crippen LogP contribution is -2.28. The van der Waals surface area contributed by atoms with Crippen molar-refractivity contribution in [2.24, 2.45) is 11.7 Å². The summed E-state index contributed by atoms with van der Waals surface area (Å²) in [7, 11) is 0. The Kier molecular flexibility index (Phi) is 5.16. The number of rotatable bonds is 3. The van der Waals surface area contributed by atoms with E-state index in [0.29, 0.717) is 29.5 Å². The van der Waals surface area contributed by atoms with Gasteiger partial charge >= 0.3 is 0 Å². The number of anilines is 1. The van der Waals surface area contributed by atoms with Gasteiger partial charge in [0.15, 0.2) is 5.76 Å². The summed E-state index contributed by atoms with van der Waals surface area (Å²) in [5, 5.41) is 6.66. The highest BCUT2D eigenvalue weighted by Gasteiger charge is 2.26. The molecule has 1 aliphatic carbocycles. The van der Waals surface area contributed by atoms with E-state index in [9.17, 15) is 4.79 Å². The quantitative estimate of drug-likeness (QED) is 0.884. The highest BCUT2D eigenvalue weighted by atomic mass is 35.5. The normalized spacial score (nSPS) is 22.6. The molecule has 1 aromatic heterocycles. The van der Waals surface area contributed by atoms with Crippen molar-refractivity contribution < 1.29 is 9.32 Å². The second-order valence-electron chi connectivity index (χ2n) is 4.81. The molecule has 102 valence electrons. The number of aryl methyl sites for hydroxylation is 2. The van der Waals surface area contributed by atoms with Crippen molar-refractivity contribution in [3.05, 3.63) is 11.5 Å². The van der Waals surface area contributed by atoms with Gasteiger partial charge in [-0.1, -0.05) is 11.6 Å². The Morgan fingerprint density at radius 2 is 2.22 bits per heavy atom. The van der Waals surface area contributed by atoms with Crippen molar-refractivity contribution in [2.75, 3.05) is 5.32 Å². The number of nitrogens with one attached hydrogen (secondary N) is 1. The van der Waals surface area contributed by atoms with E-state index in [2.05, 4.69) is 10.5 Å². The minimum Gasteiger partial charge on any atom is -0.359 e. The first-order chi connectivity index (χ1) is 8.08. The molecule has 1 aliphatic rings. The Bertz CT molecular complexity index is 400. The number of nitrogens with two attached hydrogens (primary N) is 1. The summed E-state index contributed by atoms with van der Waals surface area (Å²) in [6.45, 7) is 3.60. The highest BCUT2D eigenvalue weighted by molar-refractivity contribution is 5.91. The number of nitrogens with zero attached hydrogens (tertiary/aromatic N) is 1. The second kappa shape index (κ2) is 6.20. The van der Waals surface area contributed by atoms with Crippen LogP contribution < -0.4 is 11.1 Å². The summed E-state index contributed by atoms with van der Waals surface area (Å²) >= 11 is 0. The molecule has 0 radical (unpaired) electrons. The van der Waals surface area contributed by atoms with Gasteiger partial charge in [-0.05, 0) is 32.6 Å². The van der Waals surface area contributed by atoms with Crippen LogP contribution in [-0.4, -0.2) is 17.1 Å². The lowest BCUT2D eigenvalue weighted by Gasteiger charge is -2.14. The van der Waals surface area contributed by atoms with E-state index in [4.69, 9.17) is 10.3 Å². The van der Waals surface area contributed by atoms with Gasteiger partial charge in [0.2, 0.25) is 5.91 Å². The molecule has 1 fully saturated rings. The van der Waals surface area contributed by atoms with Crippen LogP contribution >= 0.6 is 12.4 Å². The van der Waals surface area contributed by atoms with E-state index in [-0.39, 0.29) is 24.4 Å². The zero-order valence-corrected chi connectivity index (χ0v) is 11.5. The maximum Gasteiger partial charge on any atom is 0.224 e. The Labute approximate surface area is 113 Å². The summed E-state index contributed by atoms with van der Waals surface area (Å²) in [6, 6.07) is 0.172.